The molecule has 0 aliphatic carbocycles. The van der Waals surface area contributed by atoms with Gasteiger partial charge in [-0.3, -0.25) is 9.59 Å². The van der Waals surface area contributed by atoms with Crippen LogP contribution in [0.15, 0.2) is 42.5 Å². The molecule has 1 amide bonds. The molecule has 0 unspecified atom stereocenters. The zero-order valence-corrected chi connectivity index (χ0v) is 13.8. The normalized spacial score (nSPS) is 10.3. The third-order valence-corrected chi connectivity index (χ3v) is 3.43. The van der Waals surface area contributed by atoms with Crippen LogP contribution in [0.25, 0.3) is 0 Å². The van der Waals surface area contributed by atoms with Crippen molar-refractivity contribution in [1.29, 1.82) is 0 Å². The van der Waals surface area contributed by atoms with Gasteiger partial charge in [0.25, 0.3) is 0 Å². The fraction of sp³-hybridized carbons (Fsp3) is 0.263. The van der Waals surface area contributed by atoms with E-state index in [1.165, 1.54) is 19.1 Å². The number of amides is 1. The number of halogens is 1. The van der Waals surface area contributed by atoms with E-state index in [1.54, 1.807) is 30.3 Å². The maximum atomic E-state index is 12.9. The molecular formula is C19H20FNO3. The number of ether oxygens (including phenoxy) is 1. The molecule has 0 aromatic heterocycles. The van der Waals surface area contributed by atoms with Crippen LogP contribution < -0.4 is 10.1 Å². The molecule has 0 aliphatic heterocycles. The van der Waals surface area contributed by atoms with Crippen LogP contribution in [0.3, 0.4) is 0 Å². The Morgan fingerprint density at radius 1 is 1.12 bits per heavy atom. The average Bonchev–Trinajstić information content (AvgIpc) is 2.55. The van der Waals surface area contributed by atoms with Crippen LogP contribution in [0.1, 0.15) is 42.6 Å². The third kappa shape index (κ3) is 4.91. The number of anilines is 1. The maximum Gasteiger partial charge on any atom is 0.224 e. The Labute approximate surface area is 140 Å². The van der Waals surface area contributed by atoms with E-state index in [2.05, 4.69) is 5.32 Å². The molecule has 2 aromatic rings. The lowest BCUT2D eigenvalue weighted by molar-refractivity contribution is -0.116. The fourth-order valence-electron chi connectivity index (χ4n) is 2.20. The smallest absolute Gasteiger partial charge is 0.224 e. The first-order valence-electron chi connectivity index (χ1n) is 7.81. The molecule has 0 heterocycles. The molecule has 0 aliphatic rings. The van der Waals surface area contributed by atoms with E-state index < -0.39 is 0 Å². The Hall–Kier alpha value is -2.69. The van der Waals surface area contributed by atoms with Gasteiger partial charge in [0, 0.05) is 12.1 Å². The molecule has 2 aromatic carbocycles. The molecule has 0 spiro atoms. The number of carbonyl (C=O) groups is 2. The highest BCUT2D eigenvalue weighted by Crippen LogP contribution is 2.24. The summed E-state index contributed by atoms with van der Waals surface area (Å²) in [6.07, 6.45) is 1.18. The van der Waals surface area contributed by atoms with Crippen molar-refractivity contribution in [2.75, 3.05) is 5.32 Å². The predicted octanol–water partition coefficient (Wildman–Crippen LogP) is 4.35. The highest BCUT2D eigenvalue weighted by atomic mass is 19.1. The van der Waals surface area contributed by atoms with Gasteiger partial charge in [-0.25, -0.2) is 4.39 Å². The van der Waals surface area contributed by atoms with Gasteiger partial charge >= 0.3 is 0 Å². The molecule has 0 radical (unpaired) electrons. The summed E-state index contributed by atoms with van der Waals surface area (Å²) in [5.74, 6) is -0.127. The van der Waals surface area contributed by atoms with Gasteiger partial charge in [-0.1, -0.05) is 19.1 Å². The second kappa shape index (κ2) is 8.24. The van der Waals surface area contributed by atoms with Gasteiger partial charge in [-0.05, 0) is 49.2 Å². The predicted molar refractivity (Wildman–Crippen MR) is 90.7 cm³/mol. The Bertz CT molecular complexity index is 726. The van der Waals surface area contributed by atoms with Gasteiger partial charge in [0.05, 0.1) is 5.56 Å². The lowest BCUT2D eigenvalue weighted by Crippen LogP contribution is -2.11. The van der Waals surface area contributed by atoms with Gasteiger partial charge in [-0.2, -0.15) is 0 Å². The van der Waals surface area contributed by atoms with Gasteiger partial charge in [0.1, 0.15) is 18.2 Å². The Morgan fingerprint density at radius 3 is 2.46 bits per heavy atom. The topological polar surface area (TPSA) is 55.4 Å². The number of hydrogen-bond donors (Lipinski definition) is 1. The molecular weight excluding hydrogens is 309 g/mol. The molecule has 126 valence electrons. The van der Waals surface area contributed by atoms with Crippen LogP contribution in [0, 0.1) is 5.82 Å². The van der Waals surface area contributed by atoms with Crippen LogP contribution >= 0.6 is 0 Å². The summed E-state index contributed by atoms with van der Waals surface area (Å²) in [7, 11) is 0. The Morgan fingerprint density at radius 2 is 1.83 bits per heavy atom. The molecule has 0 saturated heterocycles. The van der Waals surface area contributed by atoms with E-state index in [9.17, 15) is 14.0 Å². The van der Waals surface area contributed by atoms with Crippen molar-refractivity contribution >= 4 is 17.4 Å². The van der Waals surface area contributed by atoms with Crippen LogP contribution in [0.4, 0.5) is 10.1 Å². The van der Waals surface area contributed by atoms with Crippen LogP contribution in [0.2, 0.25) is 0 Å². The number of benzene rings is 2. The lowest BCUT2D eigenvalue weighted by atomic mass is 10.1. The zero-order valence-electron chi connectivity index (χ0n) is 13.8. The van der Waals surface area contributed by atoms with Crippen LogP contribution in [-0.4, -0.2) is 11.7 Å². The maximum absolute atomic E-state index is 12.9. The van der Waals surface area contributed by atoms with E-state index in [4.69, 9.17) is 4.74 Å². The summed E-state index contributed by atoms with van der Waals surface area (Å²) in [4.78, 5) is 23.5. The minimum absolute atomic E-state index is 0.0908. The van der Waals surface area contributed by atoms with Crippen molar-refractivity contribution in [1.82, 2.24) is 0 Å². The van der Waals surface area contributed by atoms with Crippen molar-refractivity contribution in [3.8, 4) is 5.75 Å². The first kappa shape index (κ1) is 17.7. The third-order valence-electron chi connectivity index (χ3n) is 3.43. The van der Waals surface area contributed by atoms with E-state index in [-0.39, 0.29) is 24.1 Å². The molecule has 1 N–H and O–H groups in total. The van der Waals surface area contributed by atoms with Crippen LogP contribution in [-0.2, 0) is 11.4 Å². The minimum atomic E-state index is -0.310. The SMILES string of the molecule is CCCC(=O)Nc1ccc(OCc2ccc(F)cc2)c(C(C)=O)c1. The molecule has 0 atom stereocenters. The van der Waals surface area contributed by atoms with E-state index in [1.807, 2.05) is 6.92 Å². The molecule has 0 fully saturated rings. The summed E-state index contributed by atoms with van der Waals surface area (Å²) in [5.41, 5.74) is 1.76. The molecule has 2 rings (SSSR count). The quantitative estimate of drug-likeness (QED) is 0.769. The molecule has 24 heavy (non-hydrogen) atoms. The first-order valence-corrected chi connectivity index (χ1v) is 7.81. The van der Waals surface area contributed by atoms with Crippen molar-refractivity contribution in [2.24, 2.45) is 0 Å². The number of carbonyl (C=O) groups excluding carboxylic acids is 2. The van der Waals surface area contributed by atoms with Crippen molar-refractivity contribution < 1.29 is 18.7 Å². The van der Waals surface area contributed by atoms with Gasteiger partial charge in [-0.15, -0.1) is 0 Å². The zero-order chi connectivity index (χ0) is 17.5. The summed E-state index contributed by atoms with van der Waals surface area (Å²) >= 11 is 0. The largest absolute Gasteiger partial charge is 0.488 e. The number of rotatable bonds is 7. The second-order valence-electron chi connectivity index (χ2n) is 5.48. The van der Waals surface area contributed by atoms with Gasteiger partial charge in [0.2, 0.25) is 5.91 Å². The highest BCUT2D eigenvalue weighted by Gasteiger charge is 2.11. The summed E-state index contributed by atoms with van der Waals surface area (Å²) in [6, 6.07) is 10.9. The van der Waals surface area contributed by atoms with E-state index >= 15 is 0 Å². The average molecular weight is 329 g/mol. The molecule has 5 heteroatoms. The van der Waals surface area contributed by atoms with E-state index in [0.29, 0.717) is 23.4 Å². The summed E-state index contributed by atoms with van der Waals surface area (Å²) in [6.45, 7) is 3.59. The first-order chi connectivity index (χ1) is 11.5. The number of Topliss-reactive ketones (excluding diaryl/α,β-unsaturated/α-hetero) is 1. The highest BCUT2D eigenvalue weighted by molar-refractivity contribution is 5.99. The van der Waals surface area contributed by atoms with Crippen molar-refractivity contribution in [2.45, 2.75) is 33.3 Å². The van der Waals surface area contributed by atoms with E-state index in [0.717, 1.165) is 12.0 Å². The molecule has 0 bridgehead atoms. The number of hydrogen-bond acceptors (Lipinski definition) is 3. The van der Waals surface area contributed by atoms with Crippen molar-refractivity contribution in [3.05, 3.63) is 59.4 Å². The van der Waals surface area contributed by atoms with Crippen LogP contribution in [0.5, 0.6) is 5.75 Å². The Kier molecular flexibility index (Phi) is 6.07. The standard InChI is InChI=1S/C19H20FNO3/c1-3-4-19(23)21-16-9-10-18(17(11-16)13(2)22)24-12-14-5-7-15(20)8-6-14/h5-11H,3-4,12H2,1-2H3,(H,21,23). The molecule has 0 saturated carbocycles. The number of nitrogens with one attached hydrogen (secondary N) is 1. The minimum Gasteiger partial charge on any atom is -0.488 e. The lowest BCUT2D eigenvalue weighted by Gasteiger charge is -2.12. The van der Waals surface area contributed by atoms with Gasteiger partial charge < -0.3 is 10.1 Å². The fourth-order valence-corrected chi connectivity index (χ4v) is 2.20. The van der Waals surface area contributed by atoms with Crippen molar-refractivity contribution in [3.63, 3.8) is 0 Å². The summed E-state index contributed by atoms with van der Waals surface area (Å²) < 4.78 is 18.6. The Balaban J connectivity index is 2.12. The monoisotopic (exact) mass is 329 g/mol. The van der Waals surface area contributed by atoms with Gasteiger partial charge in [0.15, 0.2) is 5.78 Å². The second-order valence-corrected chi connectivity index (χ2v) is 5.48. The molecule has 4 nitrogen and oxygen atoms in total. The summed E-state index contributed by atoms with van der Waals surface area (Å²) in [5, 5.41) is 2.76. The number of ketones is 1.